The van der Waals surface area contributed by atoms with Crippen molar-refractivity contribution in [2.24, 2.45) is 0 Å². The average Bonchev–Trinajstić information content (AvgIpc) is 2.33. The Hall–Kier alpha value is -1.06. The Labute approximate surface area is 91.0 Å². The van der Waals surface area contributed by atoms with Crippen LogP contribution in [0, 0.1) is 0 Å². The number of rotatable bonds is 5. The summed E-state index contributed by atoms with van der Waals surface area (Å²) in [7, 11) is 0. The highest BCUT2D eigenvalue weighted by atomic mass is 16.2. The van der Waals surface area contributed by atoms with Crippen LogP contribution in [0.3, 0.4) is 0 Å². The van der Waals surface area contributed by atoms with Crippen LogP contribution in [0.4, 0.5) is 4.79 Å². The number of carbonyl (C=O) groups is 2. The van der Waals surface area contributed by atoms with Crippen molar-refractivity contribution in [3.8, 4) is 0 Å². The van der Waals surface area contributed by atoms with Gasteiger partial charge >= 0.3 is 6.03 Å². The fraction of sp³-hybridized carbons (Fsp3) is 0.818. The number of urea groups is 1. The van der Waals surface area contributed by atoms with Gasteiger partial charge in [-0.05, 0) is 20.3 Å². The summed E-state index contributed by atoms with van der Waals surface area (Å²) in [6.07, 6.45) is 4.30. The van der Waals surface area contributed by atoms with E-state index in [4.69, 9.17) is 0 Å². The largest absolute Gasteiger partial charge is 0.325 e. The molecule has 1 rings (SSSR count). The monoisotopic (exact) mass is 212 g/mol. The van der Waals surface area contributed by atoms with E-state index in [0.717, 1.165) is 25.7 Å². The van der Waals surface area contributed by atoms with Crippen molar-refractivity contribution in [2.75, 3.05) is 6.54 Å². The summed E-state index contributed by atoms with van der Waals surface area (Å²) < 4.78 is 0. The van der Waals surface area contributed by atoms with E-state index in [0.29, 0.717) is 6.54 Å². The molecule has 0 atom stereocenters. The molecule has 1 heterocycles. The normalized spacial score (nSPS) is 19.5. The smallest absolute Gasteiger partial charge is 0.324 e. The van der Waals surface area contributed by atoms with Crippen molar-refractivity contribution in [3.05, 3.63) is 0 Å². The van der Waals surface area contributed by atoms with Gasteiger partial charge in [0.2, 0.25) is 0 Å². The maximum absolute atomic E-state index is 11.7. The topological polar surface area (TPSA) is 49.4 Å². The summed E-state index contributed by atoms with van der Waals surface area (Å²) in [6.45, 7) is 6.16. The van der Waals surface area contributed by atoms with Gasteiger partial charge in [0, 0.05) is 6.54 Å². The van der Waals surface area contributed by atoms with Crippen LogP contribution in [0.5, 0.6) is 0 Å². The van der Waals surface area contributed by atoms with E-state index in [1.807, 2.05) is 0 Å². The van der Waals surface area contributed by atoms with E-state index in [1.165, 1.54) is 4.90 Å². The summed E-state index contributed by atoms with van der Waals surface area (Å²) in [5.41, 5.74) is -0.720. The first-order valence-electron chi connectivity index (χ1n) is 5.63. The lowest BCUT2D eigenvalue weighted by Gasteiger charge is -2.15. The number of amides is 3. The summed E-state index contributed by atoms with van der Waals surface area (Å²) in [5, 5.41) is 2.67. The molecule has 1 aliphatic rings. The number of nitrogens with one attached hydrogen (secondary N) is 1. The molecule has 1 aliphatic heterocycles. The van der Waals surface area contributed by atoms with Crippen molar-refractivity contribution < 1.29 is 9.59 Å². The molecule has 0 unspecified atom stereocenters. The van der Waals surface area contributed by atoms with Crippen LogP contribution >= 0.6 is 0 Å². The van der Waals surface area contributed by atoms with Crippen LogP contribution in [0.25, 0.3) is 0 Å². The van der Waals surface area contributed by atoms with E-state index >= 15 is 0 Å². The fourth-order valence-electron chi connectivity index (χ4n) is 1.72. The van der Waals surface area contributed by atoms with E-state index in [1.54, 1.807) is 13.8 Å². The van der Waals surface area contributed by atoms with Gasteiger partial charge in [-0.2, -0.15) is 0 Å². The van der Waals surface area contributed by atoms with E-state index < -0.39 is 5.54 Å². The van der Waals surface area contributed by atoms with Gasteiger partial charge < -0.3 is 5.32 Å². The van der Waals surface area contributed by atoms with Gasteiger partial charge in [0.25, 0.3) is 5.91 Å². The highest BCUT2D eigenvalue weighted by molar-refractivity contribution is 6.06. The molecule has 3 amide bonds. The van der Waals surface area contributed by atoms with Crippen molar-refractivity contribution in [3.63, 3.8) is 0 Å². The molecule has 0 aromatic heterocycles. The minimum absolute atomic E-state index is 0.107. The molecule has 15 heavy (non-hydrogen) atoms. The van der Waals surface area contributed by atoms with E-state index in [-0.39, 0.29) is 11.9 Å². The lowest BCUT2D eigenvalue weighted by molar-refractivity contribution is -0.130. The Morgan fingerprint density at radius 2 is 1.87 bits per heavy atom. The van der Waals surface area contributed by atoms with Crippen LogP contribution in [0.1, 0.15) is 46.5 Å². The van der Waals surface area contributed by atoms with Crippen molar-refractivity contribution in [1.82, 2.24) is 10.2 Å². The van der Waals surface area contributed by atoms with Gasteiger partial charge in [0.15, 0.2) is 0 Å². The Kier molecular flexibility index (Phi) is 3.72. The number of hydrogen-bond donors (Lipinski definition) is 1. The Morgan fingerprint density at radius 1 is 1.20 bits per heavy atom. The molecular weight excluding hydrogens is 192 g/mol. The second-order valence-electron chi connectivity index (χ2n) is 4.57. The molecule has 86 valence electrons. The highest BCUT2D eigenvalue weighted by Gasteiger charge is 2.43. The van der Waals surface area contributed by atoms with Gasteiger partial charge in [-0.1, -0.05) is 26.2 Å². The van der Waals surface area contributed by atoms with Gasteiger partial charge in [-0.15, -0.1) is 0 Å². The standard InChI is InChI=1S/C11H20N2O2/c1-4-5-6-7-8-13-9(14)11(2,3)12-10(13)15/h4-8H2,1-3H3,(H,12,15). The van der Waals surface area contributed by atoms with Crippen LogP contribution < -0.4 is 5.32 Å². The van der Waals surface area contributed by atoms with Crippen molar-refractivity contribution in [2.45, 2.75) is 52.0 Å². The number of carbonyl (C=O) groups excluding carboxylic acids is 2. The molecule has 0 aromatic rings. The van der Waals surface area contributed by atoms with Crippen LogP contribution in [0.2, 0.25) is 0 Å². The van der Waals surface area contributed by atoms with Crippen LogP contribution in [0.15, 0.2) is 0 Å². The quantitative estimate of drug-likeness (QED) is 0.559. The van der Waals surface area contributed by atoms with Crippen molar-refractivity contribution in [1.29, 1.82) is 0 Å². The maximum atomic E-state index is 11.7. The molecule has 4 nitrogen and oxygen atoms in total. The SMILES string of the molecule is CCCCCCN1C(=O)NC(C)(C)C1=O. The fourth-order valence-corrected chi connectivity index (χ4v) is 1.72. The van der Waals surface area contributed by atoms with Gasteiger partial charge in [0.1, 0.15) is 5.54 Å². The predicted molar refractivity (Wildman–Crippen MR) is 58.5 cm³/mol. The first-order valence-corrected chi connectivity index (χ1v) is 5.63. The molecule has 0 saturated carbocycles. The molecule has 1 N–H and O–H groups in total. The summed E-state index contributed by atoms with van der Waals surface area (Å²) in [5.74, 6) is -0.107. The molecule has 0 aromatic carbocycles. The highest BCUT2D eigenvalue weighted by Crippen LogP contribution is 2.17. The molecule has 0 bridgehead atoms. The van der Waals surface area contributed by atoms with Gasteiger partial charge in [0.05, 0.1) is 0 Å². The lowest BCUT2D eigenvalue weighted by Crippen LogP contribution is -2.40. The third-order valence-corrected chi connectivity index (χ3v) is 2.68. The maximum Gasteiger partial charge on any atom is 0.325 e. The van der Waals surface area contributed by atoms with E-state index in [9.17, 15) is 9.59 Å². The zero-order chi connectivity index (χ0) is 11.5. The number of nitrogens with zero attached hydrogens (tertiary/aromatic N) is 1. The van der Waals surface area contributed by atoms with Gasteiger partial charge in [-0.3, -0.25) is 9.69 Å². The molecule has 0 aliphatic carbocycles. The minimum atomic E-state index is -0.720. The molecule has 4 heteroatoms. The predicted octanol–water partition coefficient (Wildman–Crippen LogP) is 1.90. The second kappa shape index (κ2) is 4.64. The van der Waals surface area contributed by atoms with E-state index in [2.05, 4.69) is 12.2 Å². The number of imide groups is 1. The zero-order valence-electron chi connectivity index (χ0n) is 9.80. The van der Waals surface area contributed by atoms with Crippen LogP contribution in [-0.4, -0.2) is 28.9 Å². The average molecular weight is 212 g/mol. The Balaban J connectivity index is 2.42. The van der Waals surface area contributed by atoms with Crippen molar-refractivity contribution >= 4 is 11.9 Å². The van der Waals surface area contributed by atoms with Gasteiger partial charge in [-0.25, -0.2) is 4.79 Å². The second-order valence-corrected chi connectivity index (χ2v) is 4.57. The molecule has 1 saturated heterocycles. The lowest BCUT2D eigenvalue weighted by atomic mass is 10.1. The summed E-state index contributed by atoms with van der Waals surface area (Å²) in [6, 6.07) is -0.249. The molecule has 1 fully saturated rings. The zero-order valence-corrected chi connectivity index (χ0v) is 9.80. The number of unbranched alkanes of at least 4 members (excludes halogenated alkanes) is 3. The minimum Gasteiger partial charge on any atom is -0.324 e. The summed E-state index contributed by atoms with van der Waals surface area (Å²) in [4.78, 5) is 24.5. The molecule has 0 spiro atoms. The Bertz CT molecular complexity index is 261. The summed E-state index contributed by atoms with van der Waals surface area (Å²) >= 11 is 0. The first kappa shape index (κ1) is 12.0. The van der Waals surface area contributed by atoms with Crippen LogP contribution in [-0.2, 0) is 4.79 Å². The molecule has 0 radical (unpaired) electrons. The number of hydrogen-bond acceptors (Lipinski definition) is 2. The molecular formula is C11H20N2O2. The third kappa shape index (κ3) is 2.70. The first-order chi connectivity index (χ1) is 6.99. The Morgan fingerprint density at radius 3 is 2.33 bits per heavy atom. The third-order valence-electron chi connectivity index (χ3n) is 2.68.